The van der Waals surface area contributed by atoms with Crippen LogP contribution in [-0.2, 0) is 26.2 Å². The average molecular weight is 520 g/mol. The molecule has 184 valence electrons. The number of hydrogen-bond donors (Lipinski definition) is 1. The Hall–Kier alpha value is -2.55. The van der Waals surface area contributed by atoms with Crippen LogP contribution in [0.25, 0.3) is 0 Å². The molecule has 9 nitrogen and oxygen atoms in total. The number of nitrogens with zero attached hydrogens (tertiary/aromatic N) is 2. The van der Waals surface area contributed by atoms with Gasteiger partial charge in [0, 0.05) is 25.2 Å². The quantitative estimate of drug-likeness (QED) is 0.462. The summed E-state index contributed by atoms with van der Waals surface area (Å²) in [6.07, 6.45) is -3.62. The first-order chi connectivity index (χ1) is 15.8. The number of nitro benzene ring substituents is 1. The van der Waals surface area contributed by atoms with E-state index in [1.807, 2.05) is 0 Å². The number of nitro groups is 1. The van der Waals surface area contributed by atoms with Gasteiger partial charge in [-0.3, -0.25) is 10.1 Å². The Bertz CT molecular complexity index is 1310. The van der Waals surface area contributed by atoms with Crippen LogP contribution in [-0.4, -0.2) is 45.2 Å². The predicted molar refractivity (Wildman–Crippen MR) is 114 cm³/mol. The van der Waals surface area contributed by atoms with Gasteiger partial charge in [-0.25, -0.2) is 21.6 Å². The third-order valence-electron chi connectivity index (χ3n) is 6.30. The third-order valence-corrected chi connectivity index (χ3v) is 9.68. The topological polar surface area (TPSA) is 127 Å². The van der Waals surface area contributed by atoms with E-state index in [9.17, 15) is 40.1 Å². The van der Waals surface area contributed by atoms with Crippen molar-refractivity contribution in [1.29, 1.82) is 0 Å². The summed E-state index contributed by atoms with van der Waals surface area (Å²) >= 11 is 0. The van der Waals surface area contributed by atoms with E-state index in [1.54, 1.807) is 0 Å². The van der Waals surface area contributed by atoms with Crippen molar-refractivity contribution in [2.24, 2.45) is 11.8 Å². The van der Waals surface area contributed by atoms with Crippen molar-refractivity contribution in [2.45, 2.75) is 34.9 Å². The molecule has 1 N–H and O–H groups in total. The summed E-state index contributed by atoms with van der Waals surface area (Å²) in [5, 5.41) is 11.2. The van der Waals surface area contributed by atoms with Gasteiger partial charge >= 0.3 is 6.18 Å². The van der Waals surface area contributed by atoms with Crippen molar-refractivity contribution >= 4 is 25.7 Å². The highest BCUT2D eigenvalue weighted by Crippen LogP contribution is 2.41. The molecule has 1 aliphatic carbocycles. The molecule has 0 aromatic heterocycles. The van der Waals surface area contributed by atoms with Crippen LogP contribution in [0.2, 0.25) is 0 Å². The molecule has 1 saturated carbocycles. The zero-order valence-corrected chi connectivity index (χ0v) is 19.1. The van der Waals surface area contributed by atoms with Gasteiger partial charge in [-0.1, -0.05) is 12.1 Å². The van der Waals surface area contributed by atoms with Crippen molar-refractivity contribution in [3.05, 3.63) is 64.2 Å². The highest BCUT2D eigenvalue weighted by molar-refractivity contribution is 7.89. The van der Waals surface area contributed by atoms with E-state index in [2.05, 4.69) is 4.72 Å². The number of hydrogen-bond acceptors (Lipinski definition) is 6. The molecule has 0 unspecified atom stereocenters. The first-order valence-electron chi connectivity index (χ1n) is 10.2. The van der Waals surface area contributed by atoms with E-state index in [0.717, 1.165) is 28.6 Å². The van der Waals surface area contributed by atoms with Crippen LogP contribution in [0.5, 0.6) is 0 Å². The third kappa shape index (κ3) is 4.54. The molecular weight excluding hydrogens is 499 g/mol. The Kier molecular flexibility index (Phi) is 6.21. The minimum absolute atomic E-state index is 0.0158. The first kappa shape index (κ1) is 24.6. The van der Waals surface area contributed by atoms with Gasteiger partial charge in [-0.2, -0.15) is 17.5 Å². The molecule has 4 rings (SSSR count). The maximum Gasteiger partial charge on any atom is 0.416 e. The Morgan fingerprint density at radius 1 is 0.971 bits per heavy atom. The maximum atomic E-state index is 13.0. The lowest BCUT2D eigenvalue weighted by Gasteiger charge is -2.22. The first-order valence-corrected chi connectivity index (χ1v) is 13.2. The fourth-order valence-electron chi connectivity index (χ4n) is 4.63. The number of nitrogens with one attached hydrogen (secondary N) is 1. The van der Waals surface area contributed by atoms with E-state index in [-0.39, 0.29) is 29.8 Å². The summed E-state index contributed by atoms with van der Waals surface area (Å²) in [6, 6.07) is 7.50. The van der Waals surface area contributed by atoms with Gasteiger partial charge in [-0.15, -0.1) is 0 Å². The van der Waals surface area contributed by atoms with Crippen LogP contribution < -0.4 is 4.72 Å². The van der Waals surface area contributed by atoms with Gasteiger partial charge in [-0.05, 0) is 55.0 Å². The molecule has 14 heteroatoms. The largest absolute Gasteiger partial charge is 0.416 e. The normalized spacial score (nSPS) is 23.7. The van der Waals surface area contributed by atoms with Gasteiger partial charge < -0.3 is 0 Å². The number of alkyl halides is 3. The average Bonchev–Trinajstić information content (AvgIpc) is 3.35. The van der Waals surface area contributed by atoms with Gasteiger partial charge in [0.1, 0.15) is 0 Å². The predicted octanol–water partition coefficient (Wildman–Crippen LogP) is 2.99. The van der Waals surface area contributed by atoms with Crippen LogP contribution in [0.15, 0.2) is 58.3 Å². The molecule has 0 spiro atoms. The van der Waals surface area contributed by atoms with Crippen molar-refractivity contribution in [1.82, 2.24) is 9.03 Å². The smallest absolute Gasteiger partial charge is 0.258 e. The van der Waals surface area contributed by atoms with Crippen LogP contribution in [0.1, 0.15) is 18.4 Å². The molecule has 2 aromatic rings. The van der Waals surface area contributed by atoms with Crippen molar-refractivity contribution < 1.29 is 34.9 Å². The zero-order valence-electron chi connectivity index (χ0n) is 17.5. The zero-order chi connectivity index (χ0) is 24.9. The van der Waals surface area contributed by atoms with Crippen LogP contribution in [0, 0.1) is 22.0 Å². The second kappa shape index (κ2) is 8.59. The number of fused-ring (bicyclic) bond motifs is 1. The van der Waals surface area contributed by atoms with Crippen molar-refractivity contribution in [2.75, 3.05) is 13.1 Å². The molecule has 2 fully saturated rings. The van der Waals surface area contributed by atoms with E-state index >= 15 is 0 Å². The van der Waals surface area contributed by atoms with E-state index < -0.39 is 53.3 Å². The number of rotatable bonds is 6. The molecule has 2 aromatic carbocycles. The lowest BCUT2D eigenvalue weighted by molar-refractivity contribution is -0.387. The summed E-state index contributed by atoms with van der Waals surface area (Å²) in [7, 11) is -8.33. The summed E-state index contributed by atoms with van der Waals surface area (Å²) in [4.78, 5) is 9.68. The molecule has 3 atom stereocenters. The maximum absolute atomic E-state index is 13.0. The van der Waals surface area contributed by atoms with E-state index in [4.69, 9.17) is 0 Å². The van der Waals surface area contributed by atoms with Crippen LogP contribution >= 0.6 is 0 Å². The Balaban J connectivity index is 1.52. The monoisotopic (exact) mass is 519 g/mol. The van der Waals surface area contributed by atoms with Gasteiger partial charge in [0.15, 0.2) is 4.90 Å². The van der Waals surface area contributed by atoms with Gasteiger partial charge in [0.2, 0.25) is 20.0 Å². The molecule has 1 heterocycles. The lowest BCUT2D eigenvalue weighted by Crippen LogP contribution is -2.40. The fourth-order valence-corrected chi connectivity index (χ4v) is 7.66. The molecular formula is C20H20F3N3O6S2. The second-order valence-electron chi connectivity index (χ2n) is 8.30. The van der Waals surface area contributed by atoms with Crippen molar-refractivity contribution in [3.63, 3.8) is 0 Å². The Labute approximate surface area is 193 Å². The minimum Gasteiger partial charge on any atom is -0.258 e. The minimum atomic E-state index is -4.59. The fraction of sp³-hybridized carbons (Fsp3) is 0.400. The molecule has 2 aliphatic rings. The summed E-state index contributed by atoms with van der Waals surface area (Å²) in [5.41, 5.74) is -1.53. The summed E-state index contributed by atoms with van der Waals surface area (Å²) in [5.74, 6) is -0.524. The highest BCUT2D eigenvalue weighted by Gasteiger charge is 2.48. The molecule has 34 heavy (non-hydrogen) atoms. The molecule has 1 aliphatic heterocycles. The van der Waals surface area contributed by atoms with Gasteiger partial charge in [0.25, 0.3) is 5.69 Å². The SMILES string of the molecule is O=[N+]([O-])c1ccccc1S(=O)(=O)N[C@H]1CC[C@@H]2CN(S(=O)(=O)c3ccc(C(F)(F)F)cc3)C[C@@H]21. The standard InChI is InChI=1S/C20H20F3N3O6S2/c21-20(22,23)14-6-8-15(9-7-14)34(31,32)25-11-13-5-10-17(16(13)12-25)24-33(29,30)19-4-2-1-3-18(19)26(27)28/h1-4,6-9,13,16-17,24H,5,10-12H2/t13-,16+,17+/m1/s1. The van der Waals surface area contributed by atoms with Gasteiger partial charge in [0.05, 0.1) is 15.4 Å². The Morgan fingerprint density at radius 3 is 2.24 bits per heavy atom. The Morgan fingerprint density at radius 2 is 1.62 bits per heavy atom. The number of benzene rings is 2. The summed E-state index contributed by atoms with van der Waals surface area (Å²) in [6.45, 7) is 0.0931. The lowest BCUT2D eigenvalue weighted by atomic mass is 9.98. The molecule has 0 bridgehead atoms. The summed E-state index contributed by atoms with van der Waals surface area (Å²) < 4.78 is 93.7. The second-order valence-corrected chi connectivity index (χ2v) is 11.9. The molecule has 0 radical (unpaired) electrons. The van der Waals surface area contributed by atoms with Crippen LogP contribution in [0.3, 0.4) is 0 Å². The molecule has 1 saturated heterocycles. The number of sulfonamides is 2. The van der Waals surface area contributed by atoms with Crippen LogP contribution in [0.4, 0.5) is 18.9 Å². The van der Waals surface area contributed by atoms with E-state index in [1.165, 1.54) is 12.1 Å². The van der Waals surface area contributed by atoms with E-state index in [0.29, 0.717) is 25.0 Å². The number of para-hydroxylation sites is 1. The van der Waals surface area contributed by atoms with Crippen molar-refractivity contribution in [3.8, 4) is 0 Å². The highest BCUT2D eigenvalue weighted by atomic mass is 32.2. The molecule has 0 amide bonds. The number of halogens is 3.